The Balaban J connectivity index is 1.92. The van der Waals surface area contributed by atoms with Crippen LogP contribution < -0.4 is 5.32 Å². The molecule has 0 saturated carbocycles. The third kappa shape index (κ3) is 3.89. The molecular weight excluding hydrogens is 389 g/mol. The molecule has 0 unspecified atom stereocenters. The Morgan fingerprint density at radius 3 is 2.21 bits per heavy atom. The zero-order valence-corrected chi connectivity index (χ0v) is 17.1. The minimum Gasteiger partial charge on any atom is -0.444 e. The molecule has 10 heteroatoms. The second-order valence-corrected chi connectivity index (χ2v) is 8.46. The van der Waals surface area contributed by atoms with Gasteiger partial charge in [0.05, 0.1) is 5.54 Å². The van der Waals surface area contributed by atoms with Crippen molar-refractivity contribution in [1.82, 2.24) is 19.7 Å². The van der Waals surface area contributed by atoms with Crippen LogP contribution in [0.4, 0.5) is 22.8 Å². The number of fused-ring (bicyclic) bond motifs is 2. The molecule has 0 aliphatic carbocycles. The van der Waals surface area contributed by atoms with E-state index in [9.17, 15) is 22.8 Å². The van der Waals surface area contributed by atoms with E-state index >= 15 is 0 Å². The van der Waals surface area contributed by atoms with Crippen molar-refractivity contribution in [3.8, 4) is 0 Å². The van der Waals surface area contributed by atoms with Gasteiger partial charge in [0.25, 0.3) is 0 Å². The summed E-state index contributed by atoms with van der Waals surface area (Å²) in [4.78, 5) is 28.1. The quantitative estimate of drug-likeness (QED) is 0.705. The summed E-state index contributed by atoms with van der Waals surface area (Å²) in [6.45, 7) is 6.13. The van der Waals surface area contributed by atoms with Gasteiger partial charge in [-0.2, -0.15) is 13.2 Å². The number of likely N-dealkylation sites (tertiary alicyclic amines) is 1. The normalized spacial score (nSPS) is 19.1. The van der Waals surface area contributed by atoms with E-state index in [1.807, 2.05) is 0 Å². The molecule has 3 rings (SSSR count). The van der Waals surface area contributed by atoms with Gasteiger partial charge in [-0.3, -0.25) is 0 Å². The number of hydrogen-bond acceptors (Lipinski definition) is 3. The first-order chi connectivity index (χ1) is 13.4. The minimum atomic E-state index is -4.47. The predicted octanol–water partition coefficient (Wildman–Crippen LogP) is 3.39. The third-order valence-electron chi connectivity index (χ3n) is 5.51. The lowest BCUT2D eigenvalue weighted by molar-refractivity contribution is -0.144. The minimum absolute atomic E-state index is 0.0716. The third-order valence-corrected chi connectivity index (χ3v) is 5.51. The number of piperidine rings is 1. The monoisotopic (exact) mass is 416 g/mol. The van der Waals surface area contributed by atoms with Crippen LogP contribution in [0, 0.1) is 0 Å². The Morgan fingerprint density at radius 1 is 1.07 bits per heavy atom. The van der Waals surface area contributed by atoms with Crippen molar-refractivity contribution in [1.29, 1.82) is 0 Å². The van der Waals surface area contributed by atoms with Crippen LogP contribution in [0.2, 0.25) is 0 Å². The van der Waals surface area contributed by atoms with E-state index in [1.54, 1.807) is 30.6 Å². The maximum Gasteiger partial charge on any atom is 0.431 e. The fourth-order valence-electron chi connectivity index (χ4n) is 4.26. The Bertz CT molecular complexity index is 790. The van der Waals surface area contributed by atoms with Gasteiger partial charge in [0, 0.05) is 38.9 Å². The highest BCUT2D eigenvalue weighted by Crippen LogP contribution is 2.44. The number of halogens is 3. The van der Waals surface area contributed by atoms with Crippen molar-refractivity contribution in [2.45, 2.75) is 57.5 Å². The number of carbonyl (C=O) groups excluding carboxylic acids is 2. The van der Waals surface area contributed by atoms with Crippen molar-refractivity contribution in [2.24, 2.45) is 0 Å². The summed E-state index contributed by atoms with van der Waals surface area (Å²) in [6.07, 6.45) is -4.26. The topological polar surface area (TPSA) is 66.8 Å². The summed E-state index contributed by atoms with van der Waals surface area (Å²) < 4.78 is 47.0. The average Bonchev–Trinajstić information content (AvgIpc) is 3.06. The van der Waals surface area contributed by atoms with Gasteiger partial charge in [-0.05, 0) is 45.7 Å². The molecule has 2 aliphatic rings. The van der Waals surface area contributed by atoms with Crippen LogP contribution in [0.15, 0.2) is 12.1 Å². The fourth-order valence-corrected chi connectivity index (χ4v) is 4.26. The molecule has 1 fully saturated rings. The van der Waals surface area contributed by atoms with E-state index in [1.165, 1.54) is 17.7 Å². The first-order valence-electron chi connectivity index (χ1n) is 9.63. The van der Waals surface area contributed by atoms with Crippen molar-refractivity contribution < 1.29 is 27.5 Å². The molecule has 162 valence electrons. The summed E-state index contributed by atoms with van der Waals surface area (Å²) in [5.41, 5.74) is -1.79. The predicted molar refractivity (Wildman–Crippen MR) is 99.3 cm³/mol. The molecular formula is C19H27F3N4O3. The molecule has 0 atom stereocenters. The zero-order chi connectivity index (χ0) is 21.6. The van der Waals surface area contributed by atoms with E-state index in [0.29, 0.717) is 18.5 Å². The van der Waals surface area contributed by atoms with Crippen LogP contribution in [-0.2, 0) is 23.0 Å². The van der Waals surface area contributed by atoms with Crippen LogP contribution in [0.1, 0.15) is 45.0 Å². The van der Waals surface area contributed by atoms with E-state index in [-0.39, 0.29) is 32.2 Å². The van der Waals surface area contributed by atoms with Crippen LogP contribution in [-0.4, -0.2) is 58.8 Å². The van der Waals surface area contributed by atoms with Crippen LogP contribution in [0.3, 0.4) is 0 Å². The second-order valence-electron chi connectivity index (χ2n) is 8.46. The maximum atomic E-state index is 13.4. The van der Waals surface area contributed by atoms with Gasteiger partial charge in [-0.15, -0.1) is 0 Å². The number of hydrogen-bond donors (Lipinski definition) is 1. The molecule has 29 heavy (non-hydrogen) atoms. The molecule has 3 amide bonds. The summed E-state index contributed by atoms with van der Waals surface area (Å²) in [5, 5.41) is 2.59. The maximum absolute atomic E-state index is 13.4. The number of urea groups is 1. The van der Waals surface area contributed by atoms with Gasteiger partial charge in [0.15, 0.2) is 0 Å². The SMILES string of the molecule is CNC(=O)N1CCn2c(C(F)(F)F)ccc2C12CCN(C(=O)OC(C)(C)C)CC2. The highest BCUT2D eigenvalue weighted by Gasteiger charge is 2.50. The van der Waals surface area contributed by atoms with E-state index in [2.05, 4.69) is 5.32 Å². The van der Waals surface area contributed by atoms with Gasteiger partial charge in [0.2, 0.25) is 0 Å². The molecule has 0 bridgehead atoms. The van der Waals surface area contributed by atoms with Crippen molar-refractivity contribution in [3.05, 3.63) is 23.5 Å². The Kier molecular flexibility index (Phi) is 5.25. The van der Waals surface area contributed by atoms with Crippen molar-refractivity contribution in [2.75, 3.05) is 26.7 Å². The summed E-state index contributed by atoms with van der Waals surface area (Å²) in [6, 6.07) is 2.20. The number of alkyl halides is 3. The van der Waals surface area contributed by atoms with Crippen LogP contribution >= 0.6 is 0 Å². The lowest BCUT2D eigenvalue weighted by Gasteiger charge is -2.51. The lowest BCUT2D eigenvalue weighted by atomic mass is 9.81. The van der Waals surface area contributed by atoms with Gasteiger partial charge in [0.1, 0.15) is 11.3 Å². The first-order valence-corrected chi connectivity index (χ1v) is 9.63. The van der Waals surface area contributed by atoms with Gasteiger partial charge < -0.3 is 24.4 Å². The van der Waals surface area contributed by atoms with Crippen LogP contribution in [0.5, 0.6) is 0 Å². The fraction of sp³-hybridized carbons (Fsp3) is 0.684. The largest absolute Gasteiger partial charge is 0.444 e. The summed E-state index contributed by atoms with van der Waals surface area (Å²) in [5.74, 6) is 0. The van der Waals surface area contributed by atoms with E-state index < -0.39 is 29.1 Å². The molecule has 1 aromatic heterocycles. The number of amides is 3. The average molecular weight is 416 g/mol. The van der Waals surface area contributed by atoms with E-state index in [0.717, 1.165) is 6.07 Å². The summed E-state index contributed by atoms with van der Waals surface area (Å²) in [7, 11) is 1.50. The number of rotatable bonds is 0. The second kappa shape index (κ2) is 7.14. The van der Waals surface area contributed by atoms with Crippen LogP contribution in [0.25, 0.3) is 0 Å². The van der Waals surface area contributed by atoms with Gasteiger partial charge in [-0.25, -0.2) is 9.59 Å². The van der Waals surface area contributed by atoms with Crippen molar-refractivity contribution >= 4 is 12.1 Å². The molecule has 2 aliphatic heterocycles. The lowest BCUT2D eigenvalue weighted by Crippen LogP contribution is -2.61. The molecule has 0 aromatic carbocycles. The number of nitrogens with one attached hydrogen (secondary N) is 1. The molecule has 1 N–H and O–H groups in total. The molecule has 1 saturated heterocycles. The molecule has 1 spiro atoms. The highest BCUT2D eigenvalue weighted by atomic mass is 19.4. The number of carbonyl (C=O) groups is 2. The summed E-state index contributed by atoms with van der Waals surface area (Å²) >= 11 is 0. The molecule has 1 aromatic rings. The van der Waals surface area contributed by atoms with Gasteiger partial charge in [-0.1, -0.05) is 0 Å². The number of ether oxygens (including phenoxy) is 1. The number of nitrogens with zero attached hydrogens (tertiary/aromatic N) is 3. The van der Waals surface area contributed by atoms with E-state index in [4.69, 9.17) is 4.74 Å². The molecule has 7 nitrogen and oxygen atoms in total. The number of aromatic nitrogens is 1. The van der Waals surface area contributed by atoms with Gasteiger partial charge >= 0.3 is 18.3 Å². The highest BCUT2D eigenvalue weighted by molar-refractivity contribution is 5.75. The Morgan fingerprint density at radius 2 is 1.69 bits per heavy atom. The Hall–Kier alpha value is -2.39. The standard InChI is InChI=1S/C19H27F3N4O3/c1-17(2,3)29-16(28)24-9-7-18(8-10-24)13-5-6-14(19(20,21)22)25(13)11-12-26(18)15(27)23-4/h5-6H,7-12H2,1-4H3,(H,23,27). The van der Waals surface area contributed by atoms with Crippen molar-refractivity contribution in [3.63, 3.8) is 0 Å². The Labute approximate surface area is 167 Å². The molecule has 0 radical (unpaired) electrons. The first kappa shape index (κ1) is 21.3. The smallest absolute Gasteiger partial charge is 0.431 e. The molecule has 3 heterocycles. The zero-order valence-electron chi connectivity index (χ0n) is 17.1.